The van der Waals surface area contributed by atoms with Crippen molar-refractivity contribution in [3.8, 4) is 6.07 Å². The second-order valence-electron chi connectivity index (χ2n) is 3.49. The summed E-state index contributed by atoms with van der Waals surface area (Å²) in [5.41, 5.74) is 0.871. The molecule has 0 aliphatic heterocycles. The Morgan fingerprint density at radius 3 is 3.00 bits per heavy atom. The van der Waals surface area contributed by atoms with Gasteiger partial charge in [-0.15, -0.1) is 0 Å². The van der Waals surface area contributed by atoms with Crippen molar-refractivity contribution >= 4 is 6.29 Å². The van der Waals surface area contributed by atoms with Crippen molar-refractivity contribution in [3.05, 3.63) is 53.4 Å². The second-order valence-corrected chi connectivity index (χ2v) is 3.49. The lowest BCUT2D eigenvalue weighted by molar-refractivity contribution is 0.111. The number of carbonyl (C=O) groups excluding carboxylic acids is 1. The van der Waals surface area contributed by atoms with Crippen LogP contribution >= 0.6 is 0 Å². The molecule has 0 saturated carbocycles. The number of aldehydes is 1. The number of aromatic nitrogens is 2. The number of benzene rings is 1. The molecule has 5 heteroatoms. The highest BCUT2D eigenvalue weighted by Crippen LogP contribution is 2.10. The van der Waals surface area contributed by atoms with E-state index in [2.05, 4.69) is 4.98 Å². The lowest BCUT2D eigenvalue weighted by atomic mass is 10.1. The highest BCUT2D eigenvalue weighted by atomic mass is 19.1. The fourth-order valence-electron chi connectivity index (χ4n) is 1.58. The zero-order valence-corrected chi connectivity index (χ0v) is 8.80. The summed E-state index contributed by atoms with van der Waals surface area (Å²) >= 11 is 0. The first kappa shape index (κ1) is 11.0. The fraction of sp³-hybridized carbons (Fsp3) is 0.0833. The SMILES string of the molecule is N#Cc1cc(F)cc(Cn2ccnc2C=O)c1. The van der Waals surface area contributed by atoms with Gasteiger partial charge in [-0.05, 0) is 23.8 Å². The average Bonchev–Trinajstić information content (AvgIpc) is 2.75. The van der Waals surface area contributed by atoms with E-state index in [1.54, 1.807) is 16.8 Å². The molecular weight excluding hydrogens is 221 g/mol. The summed E-state index contributed by atoms with van der Waals surface area (Å²) in [5.74, 6) is -0.195. The van der Waals surface area contributed by atoms with Crippen molar-refractivity contribution in [1.29, 1.82) is 5.26 Å². The summed E-state index contributed by atoms with van der Waals surface area (Å²) < 4.78 is 14.8. The molecule has 4 nitrogen and oxygen atoms in total. The Morgan fingerprint density at radius 1 is 1.47 bits per heavy atom. The van der Waals surface area contributed by atoms with Crippen LogP contribution in [0.25, 0.3) is 0 Å². The maximum Gasteiger partial charge on any atom is 0.185 e. The molecular formula is C12H8FN3O. The van der Waals surface area contributed by atoms with Crippen molar-refractivity contribution in [2.24, 2.45) is 0 Å². The highest BCUT2D eigenvalue weighted by molar-refractivity contribution is 5.69. The van der Waals surface area contributed by atoms with E-state index >= 15 is 0 Å². The van der Waals surface area contributed by atoms with E-state index in [0.717, 1.165) is 6.07 Å². The van der Waals surface area contributed by atoms with Crippen molar-refractivity contribution in [1.82, 2.24) is 9.55 Å². The number of hydrogen-bond acceptors (Lipinski definition) is 3. The van der Waals surface area contributed by atoms with Gasteiger partial charge in [-0.1, -0.05) is 0 Å². The Morgan fingerprint density at radius 2 is 2.29 bits per heavy atom. The Bertz CT molecular complexity index is 598. The monoisotopic (exact) mass is 229 g/mol. The predicted molar refractivity (Wildman–Crippen MR) is 57.8 cm³/mol. The first-order valence-corrected chi connectivity index (χ1v) is 4.89. The molecule has 0 amide bonds. The summed E-state index contributed by atoms with van der Waals surface area (Å²) in [6.07, 6.45) is 3.75. The van der Waals surface area contributed by atoms with E-state index in [1.165, 1.54) is 12.3 Å². The van der Waals surface area contributed by atoms with Crippen LogP contribution in [0.2, 0.25) is 0 Å². The molecule has 17 heavy (non-hydrogen) atoms. The van der Waals surface area contributed by atoms with Gasteiger partial charge in [0.15, 0.2) is 12.1 Å². The number of halogens is 1. The molecule has 0 fully saturated rings. The number of imidazole rings is 1. The van der Waals surface area contributed by atoms with Gasteiger partial charge in [0.2, 0.25) is 0 Å². The molecule has 2 aromatic rings. The summed E-state index contributed by atoms with van der Waals surface area (Å²) in [5, 5.41) is 8.72. The first-order chi connectivity index (χ1) is 8.22. The Kier molecular flexibility index (Phi) is 2.97. The molecule has 84 valence electrons. The molecule has 0 saturated heterocycles. The van der Waals surface area contributed by atoms with Crippen molar-refractivity contribution < 1.29 is 9.18 Å². The van der Waals surface area contributed by atoms with Gasteiger partial charge in [0.1, 0.15) is 5.82 Å². The van der Waals surface area contributed by atoms with Crippen LogP contribution in [-0.4, -0.2) is 15.8 Å². The minimum Gasteiger partial charge on any atom is -0.324 e. The van der Waals surface area contributed by atoms with Gasteiger partial charge in [0, 0.05) is 18.9 Å². The third-order valence-corrected chi connectivity index (χ3v) is 2.29. The van der Waals surface area contributed by atoms with Crippen LogP contribution in [0.15, 0.2) is 30.6 Å². The van der Waals surface area contributed by atoms with Crippen molar-refractivity contribution in [2.45, 2.75) is 6.54 Å². The molecule has 0 N–H and O–H groups in total. The summed E-state index contributed by atoms with van der Waals surface area (Å²) in [6.45, 7) is 0.306. The van der Waals surface area contributed by atoms with E-state index in [4.69, 9.17) is 5.26 Å². The molecule has 0 radical (unpaired) electrons. The van der Waals surface area contributed by atoms with E-state index in [0.29, 0.717) is 18.4 Å². The number of carbonyl (C=O) groups is 1. The topological polar surface area (TPSA) is 58.7 Å². The van der Waals surface area contributed by atoms with Crippen LogP contribution in [0.1, 0.15) is 21.7 Å². The van der Waals surface area contributed by atoms with Gasteiger partial charge in [-0.3, -0.25) is 4.79 Å². The van der Waals surface area contributed by atoms with Crippen LogP contribution in [0.3, 0.4) is 0 Å². The normalized spacial score (nSPS) is 9.88. The van der Waals surface area contributed by atoms with Crippen LogP contribution in [0.5, 0.6) is 0 Å². The van der Waals surface area contributed by atoms with E-state index < -0.39 is 5.82 Å². The Labute approximate surface area is 96.9 Å². The summed E-state index contributed by atoms with van der Waals surface area (Å²) in [4.78, 5) is 14.5. The third-order valence-electron chi connectivity index (χ3n) is 2.29. The standard InChI is InChI=1S/C12H8FN3O/c13-11-4-9(6-14)3-10(5-11)7-16-2-1-15-12(16)8-17/h1-5,8H,7H2. The summed E-state index contributed by atoms with van der Waals surface area (Å²) in [6, 6.07) is 5.96. The van der Waals surface area contributed by atoms with E-state index in [-0.39, 0.29) is 11.4 Å². The van der Waals surface area contributed by atoms with Gasteiger partial charge in [-0.25, -0.2) is 9.37 Å². The molecule has 0 spiro atoms. The number of nitriles is 1. The molecule has 0 aliphatic rings. The minimum absolute atomic E-state index is 0.257. The molecule has 0 bridgehead atoms. The van der Waals surface area contributed by atoms with E-state index in [1.807, 2.05) is 6.07 Å². The molecule has 2 rings (SSSR count). The number of nitrogens with zero attached hydrogens (tertiary/aromatic N) is 3. The van der Waals surface area contributed by atoms with Crippen molar-refractivity contribution in [3.63, 3.8) is 0 Å². The van der Waals surface area contributed by atoms with Crippen molar-refractivity contribution in [2.75, 3.05) is 0 Å². The molecule has 0 unspecified atom stereocenters. The second kappa shape index (κ2) is 4.58. The highest BCUT2D eigenvalue weighted by Gasteiger charge is 2.04. The van der Waals surface area contributed by atoms with Gasteiger partial charge < -0.3 is 4.57 Å². The quantitative estimate of drug-likeness (QED) is 0.753. The molecule has 0 atom stereocenters. The Balaban J connectivity index is 2.33. The van der Waals surface area contributed by atoms with Crippen LogP contribution in [0, 0.1) is 17.1 Å². The lowest BCUT2D eigenvalue weighted by Gasteiger charge is -2.05. The smallest absolute Gasteiger partial charge is 0.185 e. The van der Waals surface area contributed by atoms with Crippen LogP contribution in [-0.2, 0) is 6.54 Å². The molecule has 1 aromatic heterocycles. The maximum atomic E-state index is 13.2. The third kappa shape index (κ3) is 2.37. The van der Waals surface area contributed by atoms with Gasteiger partial charge in [0.25, 0.3) is 0 Å². The number of rotatable bonds is 3. The summed E-state index contributed by atoms with van der Waals surface area (Å²) in [7, 11) is 0. The molecule has 1 heterocycles. The predicted octanol–water partition coefficient (Wildman–Crippen LogP) is 1.75. The zero-order valence-electron chi connectivity index (χ0n) is 8.80. The largest absolute Gasteiger partial charge is 0.324 e. The average molecular weight is 229 g/mol. The van der Waals surface area contributed by atoms with Crippen LogP contribution in [0.4, 0.5) is 4.39 Å². The van der Waals surface area contributed by atoms with Gasteiger partial charge in [0.05, 0.1) is 11.6 Å². The zero-order chi connectivity index (χ0) is 12.3. The minimum atomic E-state index is -0.466. The van der Waals surface area contributed by atoms with Gasteiger partial charge in [-0.2, -0.15) is 5.26 Å². The maximum absolute atomic E-state index is 13.2. The molecule has 1 aromatic carbocycles. The molecule has 0 aliphatic carbocycles. The first-order valence-electron chi connectivity index (χ1n) is 4.89. The number of hydrogen-bond donors (Lipinski definition) is 0. The lowest BCUT2D eigenvalue weighted by Crippen LogP contribution is -2.04. The fourth-order valence-corrected chi connectivity index (χ4v) is 1.58. The van der Waals surface area contributed by atoms with Crippen LogP contribution < -0.4 is 0 Å². The van der Waals surface area contributed by atoms with Gasteiger partial charge >= 0.3 is 0 Å². The Hall–Kier alpha value is -2.48. The van der Waals surface area contributed by atoms with E-state index in [9.17, 15) is 9.18 Å².